The molecule has 0 aliphatic rings. The van der Waals surface area contributed by atoms with Gasteiger partial charge in [0.2, 0.25) is 0 Å². The van der Waals surface area contributed by atoms with Gasteiger partial charge in [-0.05, 0) is 41.9 Å². The fraction of sp³-hybridized carbons (Fsp3) is 0.364. The van der Waals surface area contributed by atoms with Crippen molar-refractivity contribution in [3.8, 4) is 0 Å². The molecule has 0 aliphatic carbocycles. The molecule has 6 heteroatoms. The first-order chi connectivity index (χ1) is 7.86. The molecule has 92 valence electrons. The Morgan fingerprint density at radius 1 is 1.41 bits per heavy atom. The van der Waals surface area contributed by atoms with Crippen molar-refractivity contribution in [1.82, 2.24) is 10.3 Å². The third-order valence-corrected chi connectivity index (χ3v) is 2.51. The first kappa shape index (κ1) is 13.6. The van der Waals surface area contributed by atoms with Crippen molar-refractivity contribution < 1.29 is 14.3 Å². The number of aromatic nitrogens is 1. The van der Waals surface area contributed by atoms with Crippen LogP contribution in [0.4, 0.5) is 0 Å². The molecule has 0 aromatic carbocycles. The van der Waals surface area contributed by atoms with Gasteiger partial charge in [0, 0.05) is 0 Å². The molecule has 0 aliphatic heterocycles. The van der Waals surface area contributed by atoms with Crippen LogP contribution >= 0.6 is 15.9 Å². The number of nitrogens with one attached hydrogen (secondary N) is 1. The first-order valence-corrected chi connectivity index (χ1v) is 5.69. The SMILES string of the molecule is COC(=O)C(C)(C)NC(=O)c1cccc(Br)n1. The van der Waals surface area contributed by atoms with E-state index in [0.29, 0.717) is 4.60 Å². The molecule has 1 rings (SSSR count). The van der Waals surface area contributed by atoms with Gasteiger partial charge in [-0.1, -0.05) is 6.07 Å². The molecule has 1 amide bonds. The Bertz CT molecular complexity index is 446. The van der Waals surface area contributed by atoms with Crippen molar-refractivity contribution in [3.63, 3.8) is 0 Å². The van der Waals surface area contributed by atoms with Crippen LogP contribution in [-0.2, 0) is 9.53 Å². The van der Waals surface area contributed by atoms with Crippen LogP contribution in [0.1, 0.15) is 24.3 Å². The third-order valence-electron chi connectivity index (χ3n) is 2.07. The van der Waals surface area contributed by atoms with Crippen LogP contribution in [0, 0.1) is 0 Å². The number of rotatable bonds is 3. The molecule has 5 nitrogen and oxygen atoms in total. The summed E-state index contributed by atoms with van der Waals surface area (Å²) in [6.07, 6.45) is 0. The Kier molecular flexibility index (Phi) is 4.22. The Labute approximate surface area is 108 Å². The number of hydrogen-bond acceptors (Lipinski definition) is 4. The lowest BCUT2D eigenvalue weighted by molar-refractivity contribution is -0.146. The first-order valence-electron chi connectivity index (χ1n) is 4.90. The molecule has 0 unspecified atom stereocenters. The van der Waals surface area contributed by atoms with Gasteiger partial charge in [0.25, 0.3) is 5.91 Å². The lowest BCUT2D eigenvalue weighted by Gasteiger charge is -2.22. The largest absolute Gasteiger partial charge is 0.467 e. The van der Waals surface area contributed by atoms with E-state index in [1.165, 1.54) is 7.11 Å². The smallest absolute Gasteiger partial charge is 0.330 e. The second-order valence-corrected chi connectivity index (χ2v) is 4.73. The third kappa shape index (κ3) is 3.52. The van der Waals surface area contributed by atoms with Gasteiger partial charge in [-0.2, -0.15) is 0 Å². The maximum Gasteiger partial charge on any atom is 0.330 e. The summed E-state index contributed by atoms with van der Waals surface area (Å²) in [7, 11) is 1.27. The van der Waals surface area contributed by atoms with Gasteiger partial charge in [-0.25, -0.2) is 9.78 Å². The van der Waals surface area contributed by atoms with E-state index in [9.17, 15) is 9.59 Å². The minimum absolute atomic E-state index is 0.233. The van der Waals surface area contributed by atoms with Crippen molar-refractivity contribution in [2.75, 3.05) is 7.11 Å². The van der Waals surface area contributed by atoms with Crippen molar-refractivity contribution in [3.05, 3.63) is 28.5 Å². The number of carbonyl (C=O) groups excluding carboxylic acids is 2. The highest BCUT2D eigenvalue weighted by atomic mass is 79.9. The Hall–Kier alpha value is -1.43. The quantitative estimate of drug-likeness (QED) is 0.679. The van der Waals surface area contributed by atoms with E-state index in [0.717, 1.165) is 0 Å². The molecular weight excluding hydrogens is 288 g/mol. The summed E-state index contributed by atoms with van der Waals surface area (Å²) in [6, 6.07) is 4.97. The predicted molar refractivity (Wildman–Crippen MR) is 65.5 cm³/mol. The average molecular weight is 301 g/mol. The molecule has 1 aromatic rings. The fourth-order valence-corrected chi connectivity index (χ4v) is 1.53. The molecule has 0 saturated heterocycles. The van der Waals surface area contributed by atoms with E-state index in [2.05, 4.69) is 31.0 Å². The van der Waals surface area contributed by atoms with E-state index in [1.807, 2.05) is 0 Å². The number of nitrogens with zero attached hydrogens (tertiary/aromatic N) is 1. The summed E-state index contributed by atoms with van der Waals surface area (Å²) in [6.45, 7) is 3.13. The molecule has 0 bridgehead atoms. The van der Waals surface area contributed by atoms with Crippen LogP contribution in [-0.4, -0.2) is 29.5 Å². The molecular formula is C11H13BrN2O3. The van der Waals surface area contributed by atoms with Crippen LogP contribution in [0.2, 0.25) is 0 Å². The van der Waals surface area contributed by atoms with Gasteiger partial charge >= 0.3 is 5.97 Å². The summed E-state index contributed by atoms with van der Waals surface area (Å²) in [5, 5.41) is 2.55. The molecule has 1 aromatic heterocycles. The predicted octanol–water partition coefficient (Wildman–Crippen LogP) is 1.53. The highest BCUT2D eigenvalue weighted by Gasteiger charge is 2.31. The molecule has 0 atom stereocenters. The Morgan fingerprint density at radius 3 is 2.59 bits per heavy atom. The van der Waals surface area contributed by atoms with Crippen molar-refractivity contribution in [2.24, 2.45) is 0 Å². The average Bonchev–Trinajstić information content (AvgIpc) is 2.27. The van der Waals surface area contributed by atoms with Gasteiger partial charge in [-0.15, -0.1) is 0 Å². The molecule has 0 fully saturated rings. The highest BCUT2D eigenvalue weighted by Crippen LogP contribution is 2.09. The zero-order valence-corrected chi connectivity index (χ0v) is 11.4. The number of carbonyl (C=O) groups is 2. The van der Waals surface area contributed by atoms with Gasteiger partial charge in [0.05, 0.1) is 7.11 Å². The van der Waals surface area contributed by atoms with Crippen molar-refractivity contribution in [2.45, 2.75) is 19.4 Å². The molecule has 0 radical (unpaired) electrons. The summed E-state index contributed by atoms with van der Waals surface area (Å²) < 4.78 is 5.15. The van der Waals surface area contributed by atoms with Crippen LogP contribution in [0.25, 0.3) is 0 Å². The van der Waals surface area contributed by atoms with Crippen LogP contribution < -0.4 is 5.32 Å². The topological polar surface area (TPSA) is 68.3 Å². The van der Waals surface area contributed by atoms with E-state index in [-0.39, 0.29) is 5.69 Å². The number of hydrogen-bond donors (Lipinski definition) is 1. The van der Waals surface area contributed by atoms with Crippen molar-refractivity contribution >= 4 is 27.8 Å². The normalized spacial score (nSPS) is 10.8. The summed E-state index contributed by atoms with van der Waals surface area (Å²) >= 11 is 3.17. The maximum atomic E-state index is 11.8. The molecule has 1 N–H and O–H groups in total. The van der Waals surface area contributed by atoms with Crippen LogP contribution in [0.5, 0.6) is 0 Å². The van der Waals surface area contributed by atoms with Crippen LogP contribution in [0.15, 0.2) is 22.8 Å². The Balaban J connectivity index is 2.83. The van der Waals surface area contributed by atoms with E-state index < -0.39 is 17.4 Å². The lowest BCUT2D eigenvalue weighted by Crippen LogP contribution is -2.50. The van der Waals surface area contributed by atoms with Gasteiger partial charge < -0.3 is 10.1 Å². The van der Waals surface area contributed by atoms with E-state index in [4.69, 9.17) is 0 Å². The Morgan fingerprint density at radius 2 is 2.06 bits per heavy atom. The molecule has 0 spiro atoms. The molecule has 0 saturated carbocycles. The van der Waals surface area contributed by atoms with Gasteiger partial charge in [-0.3, -0.25) is 4.79 Å². The summed E-state index contributed by atoms with van der Waals surface area (Å²) in [5.41, 5.74) is -0.855. The van der Waals surface area contributed by atoms with Crippen LogP contribution in [0.3, 0.4) is 0 Å². The van der Waals surface area contributed by atoms with E-state index >= 15 is 0 Å². The minimum atomic E-state index is -1.09. The zero-order valence-electron chi connectivity index (χ0n) is 9.78. The number of ether oxygens (including phenoxy) is 1. The lowest BCUT2D eigenvalue weighted by atomic mass is 10.1. The fourth-order valence-electron chi connectivity index (χ4n) is 1.19. The number of pyridine rings is 1. The second kappa shape index (κ2) is 5.27. The number of amides is 1. The van der Waals surface area contributed by atoms with E-state index in [1.54, 1.807) is 32.0 Å². The van der Waals surface area contributed by atoms with Crippen molar-refractivity contribution in [1.29, 1.82) is 0 Å². The number of methoxy groups -OCH3 is 1. The second-order valence-electron chi connectivity index (χ2n) is 3.92. The summed E-state index contributed by atoms with van der Waals surface area (Å²) in [4.78, 5) is 27.2. The number of halogens is 1. The van der Waals surface area contributed by atoms with Gasteiger partial charge in [0.15, 0.2) is 0 Å². The zero-order chi connectivity index (χ0) is 13.1. The molecule has 1 heterocycles. The van der Waals surface area contributed by atoms with Gasteiger partial charge in [0.1, 0.15) is 15.8 Å². The minimum Gasteiger partial charge on any atom is -0.467 e. The highest BCUT2D eigenvalue weighted by molar-refractivity contribution is 9.10. The standard InChI is InChI=1S/C11H13BrN2O3/c1-11(2,10(16)17-3)14-9(15)7-5-4-6-8(12)13-7/h4-6H,1-3H3,(H,14,15). The summed E-state index contributed by atoms with van der Waals surface area (Å²) in [5.74, 6) is -0.942. The number of esters is 1. The molecule has 17 heavy (non-hydrogen) atoms. The monoisotopic (exact) mass is 300 g/mol. The maximum absolute atomic E-state index is 11.8.